The van der Waals surface area contributed by atoms with Gasteiger partial charge in [0.15, 0.2) is 0 Å². The van der Waals surface area contributed by atoms with Crippen LogP contribution in [0.3, 0.4) is 0 Å². The second-order valence-electron chi connectivity index (χ2n) is 7.19. The Morgan fingerprint density at radius 1 is 1.28 bits per heavy atom. The summed E-state index contributed by atoms with van der Waals surface area (Å²) in [6.45, 7) is 10.8. The summed E-state index contributed by atoms with van der Waals surface area (Å²) in [7, 11) is 0. The quantitative estimate of drug-likeness (QED) is 0.728. The standard InChI is InChI=1S/C16H33NO/c1-5-6-14(7-8-18)12-17-15-9-13(2)10-16(3,4)11-15/h13-15,17-18H,5-12H2,1-4H3. The molecule has 1 rings (SSSR count). The van der Waals surface area contributed by atoms with Gasteiger partial charge in [0.2, 0.25) is 0 Å². The second-order valence-corrected chi connectivity index (χ2v) is 7.19. The first kappa shape index (κ1) is 16.0. The molecule has 0 amide bonds. The molecule has 0 radical (unpaired) electrons. The van der Waals surface area contributed by atoms with E-state index in [0.29, 0.717) is 24.0 Å². The smallest absolute Gasteiger partial charge is 0.0434 e. The maximum atomic E-state index is 9.10. The van der Waals surface area contributed by atoms with Crippen LogP contribution in [0.25, 0.3) is 0 Å². The van der Waals surface area contributed by atoms with Crippen molar-refractivity contribution in [2.45, 2.75) is 72.3 Å². The fourth-order valence-corrected chi connectivity index (χ4v) is 3.77. The van der Waals surface area contributed by atoms with Crippen molar-refractivity contribution in [3.63, 3.8) is 0 Å². The SMILES string of the molecule is CCCC(CCO)CNC1CC(C)CC(C)(C)C1. The van der Waals surface area contributed by atoms with Crippen molar-refractivity contribution in [1.29, 1.82) is 0 Å². The average molecular weight is 255 g/mol. The normalized spacial score (nSPS) is 29.2. The van der Waals surface area contributed by atoms with Gasteiger partial charge in [-0.05, 0) is 55.9 Å². The lowest BCUT2D eigenvalue weighted by atomic mass is 9.70. The van der Waals surface area contributed by atoms with E-state index < -0.39 is 0 Å². The monoisotopic (exact) mass is 255 g/mol. The topological polar surface area (TPSA) is 32.3 Å². The molecular weight excluding hydrogens is 222 g/mol. The third kappa shape index (κ3) is 5.71. The largest absolute Gasteiger partial charge is 0.396 e. The third-order valence-corrected chi connectivity index (χ3v) is 4.32. The van der Waals surface area contributed by atoms with E-state index in [1.807, 2.05) is 0 Å². The Kier molecular flexibility index (Phi) is 6.65. The van der Waals surface area contributed by atoms with Crippen molar-refractivity contribution >= 4 is 0 Å². The van der Waals surface area contributed by atoms with Crippen LogP contribution in [0.4, 0.5) is 0 Å². The maximum Gasteiger partial charge on any atom is 0.0434 e. The van der Waals surface area contributed by atoms with Gasteiger partial charge < -0.3 is 10.4 Å². The fraction of sp³-hybridized carbons (Fsp3) is 1.00. The predicted molar refractivity (Wildman–Crippen MR) is 78.7 cm³/mol. The van der Waals surface area contributed by atoms with Gasteiger partial charge in [-0.3, -0.25) is 0 Å². The van der Waals surface area contributed by atoms with E-state index in [1.54, 1.807) is 0 Å². The molecule has 108 valence electrons. The highest BCUT2D eigenvalue weighted by Crippen LogP contribution is 2.38. The van der Waals surface area contributed by atoms with Gasteiger partial charge in [0.25, 0.3) is 0 Å². The predicted octanol–water partition coefficient (Wildman–Crippen LogP) is 3.59. The highest BCUT2D eigenvalue weighted by Gasteiger charge is 2.31. The van der Waals surface area contributed by atoms with Crippen LogP contribution in [-0.2, 0) is 0 Å². The van der Waals surface area contributed by atoms with Crippen LogP contribution in [0.2, 0.25) is 0 Å². The lowest BCUT2D eigenvalue weighted by Crippen LogP contribution is -2.42. The summed E-state index contributed by atoms with van der Waals surface area (Å²) < 4.78 is 0. The highest BCUT2D eigenvalue weighted by atomic mass is 16.3. The minimum absolute atomic E-state index is 0.332. The molecule has 0 saturated heterocycles. The van der Waals surface area contributed by atoms with Gasteiger partial charge in [-0.1, -0.05) is 34.1 Å². The maximum absolute atomic E-state index is 9.10. The van der Waals surface area contributed by atoms with Crippen LogP contribution < -0.4 is 5.32 Å². The molecule has 3 atom stereocenters. The zero-order valence-electron chi connectivity index (χ0n) is 12.8. The highest BCUT2D eigenvalue weighted by molar-refractivity contribution is 4.86. The van der Waals surface area contributed by atoms with E-state index in [4.69, 9.17) is 5.11 Å². The molecule has 2 nitrogen and oxygen atoms in total. The summed E-state index contributed by atoms with van der Waals surface area (Å²) >= 11 is 0. The Hall–Kier alpha value is -0.0800. The van der Waals surface area contributed by atoms with Crippen molar-refractivity contribution < 1.29 is 5.11 Å². The first-order valence-corrected chi connectivity index (χ1v) is 7.81. The molecule has 1 saturated carbocycles. The molecule has 1 aliphatic rings. The zero-order chi connectivity index (χ0) is 13.6. The molecule has 0 aromatic carbocycles. The summed E-state index contributed by atoms with van der Waals surface area (Å²) in [6.07, 6.45) is 7.39. The van der Waals surface area contributed by atoms with Gasteiger partial charge in [0, 0.05) is 12.6 Å². The van der Waals surface area contributed by atoms with Gasteiger partial charge in [-0.15, -0.1) is 0 Å². The van der Waals surface area contributed by atoms with E-state index >= 15 is 0 Å². The Labute approximate surface area is 114 Å². The number of aliphatic hydroxyl groups excluding tert-OH is 1. The van der Waals surface area contributed by atoms with Crippen molar-refractivity contribution in [3.8, 4) is 0 Å². The van der Waals surface area contributed by atoms with Crippen LogP contribution in [0.1, 0.15) is 66.2 Å². The van der Waals surface area contributed by atoms with Crippen molar-refractivity contribution in [1.82, 2.24) is 5.32 Å². The molecule has 18 heavy (non-hydrogen) atoms. The lowest BCUT2D eigenvalue weighted by Gasteiger charge is -2.40. The molecule has 0 spiro atoms. The lowest BCUT2D eigenvalue weighted by molar-refractivity contribution is 0.145. The molecule has 0 aliphatic heterocycles. The van der Waals surface area contributed by atoms with Gasteiger partial charge in [-0.25, -0.2) is 0 Å². The Morgan fingerprint density at radius 2 is 2.00 bits per heavy atom. The van der Waals surface area contributed by atoms with Crippen LogP contribution in [0.5, 0.6) is 0 Å². The second kappa shape index (κ2) is 7.49. The summed E-state index contributed by atoms with van der Waals surface area (Å²) in [5.74, 6) is 1.49. The first-order valence-electron chi connectivity index (χ1n) is 7.81. The molecule has 3 unspecified atom stereocenters. The summed E-state index contributed by atoms with van der Waals surface area (Å²) in [5, 5.41) is 12.9. The van der Waals surface area contributed by atoms with Gasteiger partial charge >= 0.3 is 0 Å². The number of nitrogens with one attached hydrogen (secondary N) is 1. The van der Waals surface area contributed by atoms with E-state index in [2.05, 4.69) is 33.0 Å². The summed E-state index contributed by atoms with van der Waals surface area (Å²) in [4.78, 5) is 0. The van der Waals surface area contributed by atoms with E-state index in [9.17, 15) is 0 Å². The summed E-state index contributed by atoms with van der Waals surface area (Å²) in [5.41, 5.74) is 0.493. The number of rotatable bonds is 7. The number of hydrogen-bond donors (Lipinski definition) is 2. The van der Waals surface area contributed by atoms with E-state index in [0.717, 1.165) is 18.9 Å². The Bertz CT molecular complexity index is 221. The van der Waals surface area contributed by atoms with Crippen molar-refractivity contribution in [2.75, 3.05) is 13.2 Å². The van der Waals surface area contributed by atoms with Crippen LogP contribution in [-0.4, -0.2) is 24.3 Å². The van der Waals surface area contributed by atoms with Crippen molar-refractivity contribution in [3.05, 3.63) is 0 Å². The Balaban J connectivity index is 2.36. The molecule has 1 fully saturated rings. The van der Waals surface area contributed by atoms with Crippen LogP contribution >= 0.6 is 0 Å². The van der Waals surface area contributed by atoms with Crippen molar-refractivity contribution in [2.24, 2.45) is 17.3 Å². The summed E-state index contributed by atoms with van der Waals surface area (Å²) in [6, 6.07) is 0.682. The third-order valence-electron chi connectivity index (χ3n) is 4.32. The molecule has 0 aromatic rings. The number of hydrogen-bond acceptors (Lipinski definition) is 2. The van der Waals surface area contributed by atoms with E-state index in [1.165, 1.54) is 32.1 Å². The molecule has 0 aromatic heterocycles. The molecular formula is C16H33NO. The zero-order valence-corrected chi connectivity index (χ0v) is 12.8. The molecule has 2 heteroatoms. The minimum atomic E-state index is 0.332. The fourth-order valence-electron chi connectivity index (χ4n) is 3.77. The molecule has 1 aliphatic carbocycles. The Morgan fingerprint density at radius 3 is 2.56 bits per heavy atom. The van der Waals surface area contributed by atoms with Crippen LogP contribution in [0, 0.1) is 17.3 Å². The first-order chi connectivity index (χ1) is 8.46. The average Bonchev–Trinajstić information content (AvgIpc) is 2.24. The van der Waals surface area contributed by atoms with Gasteiger partial charge in [-0.2, -0.15) is 0 Å². The number of aliphatic hydroxyl groups is 1. The molecule has 0 heterocycles. The molecule has 0 bridgehead atoms. The van der Waals surface area contributed by atoms with E-state index in [-0.39, 0.29) is 0 Å². The molecule has 2 N–H and O–H groups in total. The van der Waals surface area contributed by atoms with Gasteiger partial charge in [0.05, 0.1) is 0 Å². The van der Waals surface area contributed by atoms with Gasteiger partial charge in [0.1, 0.15) is 0 Å². The minimum Gasteiger partial charge on any atom is -0.396 e. The van der Waals surface area contributed by atoms with Crippen LogP contribution in [0.15, 0.2) is 0 Å².